The molecule has 0 radical (unpaired) electrons. The Morgan fingerprint density at radius 1 is 0.860 bits per heavy atom. The highest BCUT2D eigenvalue weighted by atomic mass is 35.5. The van der Waals surface area contributed by atoms with Crippen LogP contribution in [0.4, 0.5) is 5.69 Å². The highest BCUT2D eigenvalue weighted by molar-refractivity contribution is 7.92. The quantitative estimate of drug-likeness (QED) is 0.219. The van der Waals surface area contributed by atoms with Crippen molar-refractivity contribution in [1.29, 1.82) is 0 Å². The smallest absolute Gasteiger partial charge is 0.264 e. The molecule has 0 aliphatic heterocycles. The van der Waals surface area contributed by atoms with E-state index in [1.165, 1.54) is 24.1 Å². The van der Waals surface area contributed by atoms with Gasteiger partial charge in [0.05, 0.1) is 17.7 Å². The van der Waals surface area contributed by atoms with Crippen LogP contribution >= 0.6 is 11.6 Å². The Morgan fingerprint density at radius 2 is 1.47 bits per heavy atom. The molecule has 0 saturated carbocycles. The molecule has 4 aromatic carbocycles. The summed E-state index contributed by atoms with van der Waals surface area (Å²) in [6.07, 6.45) is 0.211. The van der Waals surface area contributed by atoms with E-state index in [1.807, 2.05) is 30.3 Å². The predicted molar refractivity (Wildman–Crippen MR) is 169 cm³/mol. The number of methoxy groups -OCH3 is 1. The number of likely N-dealkylation sites (N-methyl/N-ethyl adjacent to an activating group) is 1. The number of nitrogens with zero attached hydrogens (tertiary/aromatic N) is 2. The Balaban J connectivity index is 1.82. The molecular formula is C33H34ClN3O5S. The van der Waals surface area contributed by atoms with Crippen LogP contribution in [-0.2, 0) is 32.6 Å². The molecule has 1 atom stereocenters. The normalized spacial score (nSPS) is 11.8. The number of amides is 2. The zero-order valence-corrected chi connectivity index (χ0v) is 25.6. The van der Waals surface area contributed by atoms with Gasteiger partial charge in [-0.1, -0.05) is 90.5 Å². The van der Waals surface area contributed by atoms with Crippen molar-refractivity contribution in [3.05, 3.63) is 125 Å². The number of carbonyl (C=O) groups excluding carboxylic acids is 2. The largest absolute Gasteiger partial charge is 0.495 e. The zero-order chi connectivity index (χ0) is 30.8. The van der Waals surface area contributed by atoms with Crippen LogP contribution in [0.15, 0.2) is 114 Å². The van der Waals surface area contributed by atoms with Crippen molar-refractivity contribution < 1.29 is 22.7 Å². The number of para-hydroxylation sites is 2. The Kier molecular flexibility index (Phi) is 10.8. The molecule has 0 unspecified atom stereocenters. The number of sulfonamides is 1. The molecule has 0 saturated heterocycles. The van der Waals surface area contributed by atoms with Crippen molar-refractivity contribution in [2.45, 2.75) is 30.8 Å². The lowest BCUT2D eigenvalue weighted by Crippen LogP contribution is -2.53. The molecule has 8 nitrogen and oxygen atoms in total. The van der Waals surface area contributed by atoms with Crippen LogP contribution in [0.3, 0.4) is 0 Å². The van der Waals surface area contributed by atoms with E-state index in [1.54, 1.807) is 73.7 Å². The molecular weight excluding hydrogens is 586 g/mol. The van der Waals surface area contributed by atoms with Crippen LogP contribution < -0.4 is 14.4 Å². The zero-order valence-electron chi connectivity index (χ0n) is 24.0. The Morgan fingerprint density at radius 3 is 2.12 bits per heavy atom. The third kappa shape index (κ3) is 7.74. The summed E-state index contributed by atoms with van der Waals surface area (Å²) in [5.74, 6) is -0.670. The van der Waals surface area contributed by atoms with E-state index in [-0.39, 0.29) is 35.2 Å². The summed E-state index contributed by atoms with van der Waals surface area (Å²) in [7, 11) is -2.80. The van der Waals surface area contributed by atoms with Gasteiger partial charge in [-0.25, -0.2) is 8.42 Å². The van der Waals surface area contributed by atoms with Crippen molar-refractivity contribution in [2.24, 2.45) is 0 Å². The van der Waals surface area contributed by atoms with Crippen LogP contribution in [0.25, 0.3) is 0 Å². The number of benzene rings is 4. The molecule has 224 valence electrons. The van der Waals surface area contributed by atoms with Gasteiger partial charge in [0.15, 0.2) is 0 Å². The number of hydrogen-bond acceptors (Lipinski definition) is 5. The van der Waals surface area contributed by atoms with Gasteiger partial charge >= 0.3 is 0 Å². The van der Waals surface area contributed by atoms with Crippen molar-refractivity contribution >= 4 is 39.1 Å². The molecule has 0 spiro atoms. The van der Waals surface area contributed by atoms with Crippen molar-refractivity contribution in [1.82, 2.24) is 10.2 Å². The third-order valence-corrected chi connectivity index (χ3v) is 9.03. The van der Waals surface area contributed by atoms with Crippen molar-refractivity contribution in [3.8, 4) is 5.75 Å². The first-order chi connectivity index (χ1) is 20.8. The Labute approximate surface area is 257 Å². The molecule has 0 fully saturated rings. The fraction of sp³-hybridized carbons (Fsp3) is 0.212. The molecule has 4 aromatic rings. The number of nitrogens with one attached hydrogen (secondary N) is 1. The van der Waals surface area contributed by atoms with Gasteiger partial charge in [0.2, 0.25) is 11.8 Å². The fourth-order valence-electron chi connectivity index (χ4n) is 4.72. The van der Waals surface area contributed by atoms with E-state index in [4.69, 9.17) is 16.3 Å². The summed E-state index contributed by atoms with van der Waals surface area (Å²) in [6.45, 7) is 1.55. The molecule has 0 aliphatic carbocycles. The topological polar surface area (TPSA) is 96.0 Å². The number of carbonyl (C=O) groups is 2. The molecule has 10 heteroatoms. The second kappa shape index (κ2) is 14.7. The van der Waals surface area contributed by atoms with Gasteiger partial charge in [0.1, 0.15) is 18.3 Å². The first-order valence-corrected chi connectivity index (χ1v) is 15.6. The first-order valence-electron chi connectivity index (χ1n) is 13.8. The molecule has 2 amide bonds. The maximum absolute atomic E-state index is 14.4. The second-order valence-corrected chi connectivity index (χ2v) is 12.0. The summed E-state index contributed by atoms with van der Waals surface area (Å²) >= 11 is 6.51. The van der Waals surface area contributed by atoms with E-state index >= 15 is 0 Å². The van der Waals surface area contributed by atoms with Crippen molar-refractivity contribution in [3.63, 3.8) is 0 Å². The second-order valence-electron chi connectivity index (χ2n) is 9.71. The highest BCUT2D eigenvalue weighted by Gasteiger charge is 2.35. The Bertz CT molecular complexity index is 1630. The van der Waals surface area contributed by atoms with Crippen LogP contribution in [0.1, 0.15) is 18.1 Å². The lowest BCUT2D eigenvalue weighted by atomic mass is 10.0. The maximum Gasteiger partial charge on any atom is 0.264 e. The van der Waals surface area contributed by atoms with Crippen LogP contribution in [0.2, 0.25) is 5.02 Å². The monoisotopic (exact) mass is 619 g/mol. The molecule has 0 aromatic heterocycles. The van der Waals surface area contributed by atoms with Gasteiger partial charge in [-0.05, 0) is 48.4 Å². The predicted octanol–water partition coefficient (Wildman–Crippen LogP) is 5.32. The summed E-state index contributed by atoms with van der Waals surface area (Å²) < 4.78 is 34.7. The minimum Gasteiger partial charge on any atom is -0.495 e. The number of hydrogen-bond donors (Lipinski definition) is 1. The lowest BCUT2D eigenvalue weighted by molar-refractivity contribution is -0.140. The minimum atomic E-state index is -4.23. The Hall–Kier alpha value is -4.34. The van der Waals surface area contributed by atoms with Gasteiger partial charge in [-0.3, -0.25) is 13.9 Å². The van der Waals surface area contributed by atoms with E-state index in [2.05, 4.69) is 5.32 Å². The average molecular weight is 620 g/mol. The fourth-order valence-corrected chi connectivity index (χ4v) is 6.37. The number of ether oxygens (including phenoxy) is 1. The van der Waals surface area contributed by atoms with Gasteiger partial charge < -0.3 is 15.0 Å². The summed E-state index contributed by atoms with van der Waals surface area (Å²) in [6, 6.07) is 29.9. The van der Waals surface area contributed by atoms with Crippen molar-refractivity contribution in [2.75, 3.05) is 24.5 Å². The summed E-state index contributed by atoms with van der Waals surface area (Å²) in [5, 5.41) is 3.27. The molecule has 4 rings (SSSR count). The molecule has 43 heavy (non-hydrogen) atoms. The third-order valence-electron chi connectivity index (χ3n) is 6.88. The van der Waals surface area contributed by atoms with Gasteiger partial charge in [-0.15, -0.1) is 0 Å². The number of anilines is 1. The highest BCUT2D eigenvalue weighted by Crippen LogP contribution is 2.32. The standard InChI is InChI=1S/C33H34ClN3O5S/c1-3-35-33(39)30(22-25-14-6-4-7-15-25)36(23-26-16-10-11-19-28(26)34)32(38)24-37(29-20-12-13-21-31(29)42-2)43(40,41)27-17-8-5-9-18-27/h4-21,30H,3,22-24H2,1-2H3,(H,35,39)/t30-/m1/s1. The van der Waals surface area contributed by atoms with Gasteiger partial charge in [-0.2, -0.15) is 0 Å². The van der Waals surface area contributed by atoms with Gasteiger partial charge in [0.25, 0.3) is 10.0 Å². The van der Waals surface area contributed by atoms with Crippen LogP contribution in [0, 0.1) is 0 Å². The number of halogens is 1. The first kappa shape index (κ1) is 31.6. The average Bonchev–Trinajstić information content (AvgIpc) is 3.03. The molecule has 0 heterocycles. The van der Waals surface area contributed by atoms with Gasteiger partial charge in [0, 0.05) is 24.5 Å². The molecule has 1 N–H and O–H groups in total. The van der Waals surface area contributed by atoms with Crippen LogP contribution in [-0.4, -0.2) is 51.4 Å². The van der Waals surface area contributed by atoms with E-state index in [0.717, 1.165) is 9.87 Å². The summed E-state index contributed by atoms with van der Waals surface area (Å²) in [5.41, 5.74) is 1.65. The number of rotatable bonds is 13. The summed E-state index contributed by atoms with van der Waals surface area (Å²) in [4.78, 5) is 29.4. The maximum atomic E-state index is 14.4. The van der Waals surface area contributed by atoms with Crippen LogP contribution in [0.5, 0.6) is 5.75 Å². The molecule has 0 bridgehead atoms. The lowest BCUT2D eigenvalue weighted by Gasteiger charge is -2.34. The molecule has 0 aliphatic rings. The van der Waals surface area contributed by atoms with E-state index in [9.17, 15) is 18.0 Å². The minimum absolute atomic E-state index is 0.0101. The van der Waals surface area contributed by atoms with E-state index < -0.39 is 28.5 Å². The van der Waals surface area contributed by atoms with E-state index in [0.29, 0.717) is 17.1 Å². The SMILES string of the molecule is CCNC(=O)[C@@H](Cc1ccccc1)N(Cc1ccccc1Cl)C(=O)CN(c1ccccc1OC)S(=O)(=O)c1ccccc1.